The second kappa shape index (κ2) is 7.78. The van der Waals surface area contributed by atoms with Crippen molar-refractivity contribution in [3.8, 4) is 0 Å². The molecule has 1 aliphatic carbocycles. The normalized spacial score (nSPS) is 15.3. The Bertz CT molecular complexity index is 472. The Morgan fingerprint density at radius 1 is 1.14 bits per heavy atom. The lowest BCUT2D eigenvalue weighted by Crippen LogP contribution is -2.35. The van der Waals surface area contributed by atoms with E-state index in [0.29, 0.717) is 25.9 Å². The maximum Gasteiger partial charge on any atom is 0.223 e. The molecule has 0 heterocycles. The van der Waals surface area contributed by atoms with E-state index in [1.165, 1.54) is 0 Å². The molecule has 0 saturated heterocycles. The molecule has 1 aliphatic rings. The minimum Gasteiger partial charge on any atom is -0.354 e. The van der Waals surface area contributed by atoms with Crippen LogP contribution in [0.3, 0.4) is 0 Å². The van der Waals surface area contributed by atoms with E-state index in [-0.39, 0.29) is 23.8 Å². The maximum absolute atomic E-state index is 11.7. The average Bonchev–Trinajstić information content (AvgIpc) is 3.34. The number of rotatable bonds is 8. The first-order valence-electron chi connectivity index (χ1n) is 7.52. The van der Waals surface area contributed by atoms with E-state index in [1.807, 2.05) is 30.3 Å². The van der Waals surface area contributed by atoms with Crippen LogP contribution >= 0.6 is 0 Å². The van der Waals surface area contributed by atoms with Crippen LogP contribution in [-0.4, -0.2) is 24.9 Å². The number of nitrogens with one attached hydrogen (secondary N) is 2. The Hall–Kier alpha value is -1.88. The Morgan fingerprint density at radius 3 is 2.48 bits per heavy atom. The zero-order chi connectivity index (χ0) is 15.1. The highest BCUT2D eigenvalue weighted by atomic mass is 16.2. The molecule has 0 radical (unpaired) electrons. The van der Waals surface area contributed by atoms with E-state index in [2.05, 4.69) is 10.6 Å². The van der Waals surface area contributed by atoms with Gasteiger partial charge in [-0.3, -0.25) is 9.59 Å². The Balaban J connectivity index is 1.55. The van der Waals surface area contributed by atoms with Crippen molar-refractivity contribution in [2.24, 2.45) is 11.7 Å². The van der Waals surface area contributed by atoms with Gasteiger partial charge < -0.3 is 16.4 Å². The second-order valence-electron chi connectivity index (χ2n) is 5.47. The molecular weight excluding hydrogens is 266 g/mol. The Morgan fingerprint density at radius 2 is 1.81 bits per heavy atom. The lowest BCUT2D eigenvalue weighted by Gasteiger charge is -2.12. The molecule has 0 spiro atoms. The fourth-order valence-corrected chi connectivity index (χ4v) is 2.12. The van der Waals surface area contributed by atoms with Gasteiger partial charge in [-0.25, -0.2) is 0 Å². The van der Waals surface area contributed by atoms with Gasteiger partial charge in [-0.15, -0.1) is 0 Å². The zero-order valence-corrected chi connectivity index (χ0v) is 12.2. The van der Waals surface area contributed by atoms with E-state index in [1.54, 1.807) is 0 Å². The molecule has 2 amide bonds. The molecule has 5 nitrogen and oxygen atoms in total. The van der Waals surface area contributed by atoms with Crippen molar-refractivity contribution >= 4 is 11.8 Å². The van der Waals surface area contributed by atoms with Gasteiger partial charge in [0.15, 0.2) is 0 Å². The van der Waals surface area contributed by atoms with Gasteiger partial charge in [-0.1, -0.05) is 30.3 Å². The van der Waals surface area contributed by atoms with Crippen molar-refractivity contribution in [3.05, 3.63) is 35.9 Å². The van der Waals surface area contributed by atoms with E-state index in [9.17, 15) is 9.59 Å². The van der Waals surface area contributed by atoms with Gasteiger partial charge in [-0.2, -0.15) is 0 Å². The van der Waals surface area contributed by atoms with Gasteiger partial charge in [0.2, 0.25) is 11.8 Å². The highest BCUT2D eigenvalue weighted by Crippen LogP contribution is 2.28. The van der Waals surface area contributed by atoms with Gasteiger partial charge in [0.1, 0.15) is 0 Å². The predicted octanol–water partition coefficient (Wildman–Crippen LogP) is 1.11. The number of carbonyl (C=O) groups is 2. The third-order valence-electron chi connectivity index (χ3n) is 3.60. The summed E-state index contributed by atoms with van der Waals surface area (Å²) in [6.45, 7) is 0.962. The summed E-state index contributed by atoms with van der Waals surface area (Å²) < 4.78 is 0. The van der Waals surface area contributed by atoms with Crippen LogP contribution in [0.1, 0.15) is 37.3 Å². The molecule has 1 saturated carbocycles. The van der Waals surface area contributed by atoms with Crippen molar-refractivity contribution in [1.82, 2.24) is 10.6 Å². The summed E-state index contributed by atoms with van der Waals surface area (Å²) in [5.74, 6) is 0.293. The minimum atomic E-state index is -0.119. The molecule has 1 fully saturated rings. The fourth-order valence-electron chi connectivity index (χ4n) is 2.12. The van der Waals surface area contributed by atoms with Gasteiger partial charge in [0.05, 0.1) is 0 Å². The lowest BCUT2D eigenvalue weighted by molar-refractivity contribution is -0.123. The third-order valence-corrected chi connectivity index (χ3v) is 3.60. The summed E-state index contributed by atoms with van der Waals surface area (Å²) in [7, 11) is 0. The number of hydrogen-bond acceptors (Lipinski definition) is 3. The molecule has 0 bridgehead atoms. The summed E-state index contributed by atoms with van der Waals surface area (Å²) in [6, 6.07) is 9.65. The first-order valence-corrected chi connectivity index (χ1v) is 7.52. The average molecular weight is 289 g/mol. The number of nitrogens with two attached hydrogens (primary N) is 1. The molecule has 2 rings (SSSR count). The van der Waals surface area contributed by atoms with Crippen LogP contribution < -0.4 is 16.4 Å². The Labute approximate surface area is 125 Å². The second-order valence-corrected chi connectivity index (χ2v) is 5.47. The molecule has 1 aromatic carbocycles. The van der Waals surface area contributed by atoms with Crippen molar-refractivity contribution in [3.63, 3.8) is 0 Å². The number of carbonyl (C=O) groups excluding carboxylic acids is 2. The van der Waals surface area contributed by atoms with Gasteiger partial charge in [-0.05, 0) is 24.8 Å². The van der Waals surface area contributed by atoms with Crippen molar-refractivity contribution in [1.29, 1.82) is 0 Å². The summed E-state index contributed by atoms with van der Waals surface area (Å²) >= 11 is 0. The van der Waals surface area contributed by atoms with Crippen LogP contribution in [0.4, 0.5) is 0 Å². The van der Waals surface area contributed by atoms with Crippen LogP contribution in [-0.2, 0) is 9.59 Å². The van der Waals surface area contributed by atoms with Crippen LogP contribution in [0, 0.1) is 5.92 Å². The van der Waals surface area contributed by atoms with Crippen LogP contribution in [0.2, 0.25) is 0 Å². The van der Waals surface area contributed by atoms with E-state index < -0.39 is 0 Å². The summed E-state index contributed by atoms with van der Waals surface area (Å²) in [6.07, 6.45) is 3.00. The zero-order valence-electron chi connectivity index (χ0n) is 12.2. The molecule has 0 aromatic heterocycles. The largest absolute Gasteiger partial charge is 0.354 e. The van der Waals surface area contributed by atoms with Crippen LogP contribution in [0.15, 0.2) is 30.3 Å². The molecule has 1 unspecified atom stereocenters. The van der Waals surface area contributed by atoms with Crippen molar-refractivity contribution < 1.29 is 9.59 Å². The van der Waals surface area contributed by atoms with Crippen LogP contribution in [0.25, 0.3) is 0 Å². The third kappa shape index (κ3) is 5.55. The highest BCUT2D eigenvalue weighted by molar-refractivity contribution is 5.81. The topological polar surface area (TPSA) is 84.2 Å². The molecular formula is C16H23N3O2. The van der Waals surface area contributed by atoms with E-state index >= 15 is 0 Å². The van der Waals surface area contributed by atoms with E-state index in [4.69, 9.17) is 5.73 Å². The monoisotopic (exact) mass is 289 g/mol. The number of hydrogen-bond donors (Lipinski definition) is 3. The van der Waals surface area contributed by atoms with Gasteiger partial charge in [0.25, 0.3) is 0 Å². The summed E-state index contributed by atoms with van der Waals surface area (Å²) in [4.78, 5) is 23.1. The fraction of sp³-hybridized carbons (Fsp3) is 0.500. The predicted molar refractivity (Wildman–Crippen MR) is 81.3 cm³/mol. The SMILES string of the molecule is NC(CCC(=O)NCCNC(=O)C1CC1)c1ccccc1. The number of amides is 2. The molecule has 5 heteroatoms. The molecule has 1 aromatic rings. The standard InChI is InChI=1S/C16H23N3O2/c17-14(12-4-2-1-3-5-12)8-9-15(20)18-10-11-19-16(21)13-6-7-13/h1-5,13-14H,6-11,17H2,(H,18,20)(H,19,21). The lowest BCUT2D eigenvalue weighted by atomic mass is 10.0. The molecule has 21 heavy (non-hydrogen) atoms. The van der Waals surface area contributed by atoms with Crippen molar-refractivity contribution in [2.75, 3.05) is 13.1 Å². The first-order chi connectivity index (χ1) is 10.2. The number of benzene rings is 1. The van der Waals surface area contributed by atoms with Gasteiger partial charge >= 0.3 is 0 Å². The quantitative estimate of drug-likeness (QED) is 0.627. The molecule has 1 atom stereocenters. The van der Waals surface area contributed by atoms with Crippen molar-refractivity contribution in [2.45, 2.75) is 31.7 Å². The molecule has 0 aliphatic heterocycles. The van der Waals surface area contributed by atoms with Crippen LogP contribution in [0.5, 0.6) is 0 Å². The van der Waals surface area contributed by atoms with Gasteiger partial charge in [0, 0.05) is 31.5 Å². The molecule has 114 valence electrons. The Kier molecular flexibility index (Phi) is 5.75. The van der Waals surface area contributed by atoms with E-state index in [0.717, 1.165) is 18.4 Å². The molecule has 4 N–H and O–H groups in total. The first kappa shape index (κ1) is 15.5. The minimum absolute atomic E-state index is 0.0259. The highest BCUT2D eigenvalue weighted by Gasteiger charge is 2.28. The summed E-state index contributed by atoms with van der Waals surface area (Å²) in [5, 5.41) is 5.61. The smallest absolute Gasteiger partial charge is 0.223 e. The summed E-state index contributed by atoms with van der Waals surface area (Å²) in [5.41, 5.74) is 7.08. The maximum atomic E-state index is 11.7.